The normalized spacial score (nSPS) is 10.8. The average molecular weight is 292 g/mol. The summed E-state index contributed by atoms with van der Waals surface area (Å²) in [4.78, 5) is 19.9. The van der Waals surface area contributed by atoms with E-state index in [1.165, 1.54) is 18.0 Å². The van der Waals surface area contributed by atoms with E-state index in [0.717, 1.165) is 0 Å². The first-order valence-corrected chi connectivity index (χ1v) is 7.09. The van der Waals surface area contributed by atoms with E-state index in [4.69, 9.17) is 5.73 Å². The molecule has 0 aliphatic rings. The van der Waals surface area contributed by atoms with Gasteiger partial charge in [-0.3, -0.25) is 4.79 Å². The Bertz CT molecular complexity index is 597. The quantitative estimate of drug-likeness (QED) is 0.812. The lowest BCUT2D eigenvalue weighted by Crippen LogP contribution is -2.18. The number of rotatable bonds is 5. The standard InChI is InChI=1S/C12H16N6OS/c1-8(2)18-9(3-4-16-18)17-10(19)7-20-12-11(13)14-5-6-15-12/h3-6,8H,7H2,1-2H3,(H2,13,14)(H,17,19). The molecule has 0 spiro atoms. The minimum atomic E-state index is -0.137. The molecule has 0 atom stereocenters. The molecular formula is C12H16N6OS. The minimum Gasteiger partial charge on any atom is -0.381 e. The Morgan fingerprint density at radius 3 is 2.85 bits per heavy atom. The van der Waals surface area contributed by atoms with Gasteiger partial charge >= 0.3 is 0 Å². The number of nitrogens with two attached hydrogens (primary N) is 1. The number of anilines is 2. The van der Waals surface area contributed by atoms with Crippen LogP contribution in [0, 0.1) is 0 Å². The van der Waals surface area contributed by atoms with Gasteiger partial charge in [0, 0.05) is 24.5 Å². The van der Waals surface area contributed by atoms with Crippen LogP contribution in [-0.4, -0.2) is 31.4 Å². The number of nitrogens with zero attached hydrogens (tertiary/aromatic N) is 4. The highest BCUT2D eigenvalue weighted by atomic mass is 32.2. The molecule has 1 amide bonds. The summed E-state index contributed by atoms with van der Waals surface area (Å²) in [7, 11) is 0. The van der Waals surface area contributed by atoms with Crippen molar-refractivity contribution < 1.29 is 4.79 Å². The third kappa shape index (κ3) is 3.47. The fourth-order valence-electron chi connectivity index (χ4n) is 1.58. The van der Waals surface area contributed by atoms with Gasteiger partial charge in [-0.25, -0.2) is 14.6 Å². The smallest absolute Gasteiger partial charge is 0.235 e. The molecule has 2 aromatic heterocycles. The van der Waals surface area contributed by atoms with Crippen molar-refractivity contribution in [3.8, 4) is 0 Å². The molecule has 2 rings (SSSR count). The molecule has 0 aromatic carbocycles. The molecule has 0 fully saturated rings. The van der Waals surface area contributed by atoms with Crippen LogP contribution in [-0.2, 0) is 4.79 Å². The predicted molar refractivity (Wildman–Crippen MR) is 78.4 cm³/mol. The molecule has 106 valence electrons. The maximum Gasteiger partial charge on any atom is 0.235 e. The summed E-state index contributed by atoms with van der Waals surface area (Å²) >= 11 is 1.25. The second kappa shape index (κ2) is 6.38. The fraction of sp³-hybridized carbons (Fsp3) is 0.333. The van der Waals surface area contributed by atoms with Crippen LogP contribution < -0.4 is 11.1 Å². The minimum absolute atomic E-state index is 0.137. The maximum atomic E-state index is 11.9. The van der Waals surface area contributed by atoms with Crippen LogP contribution in [0.1, 0.15) is 19.9 Å². The highest BCUT2D eigenvalue weighted by molar-refractivity contribution is 8.00. The highest BCUT2D eigenvalue weighted by Crippen LogP contribution is 2.20. The maximum absolute atomic E-state index is 11.9. The van der Waals surface area contributed by atoms with Crippen molar-refractivity contribution in [1.29, 1.82) is 0 Å². The van der Waals surface area contributed by atoms with Crippen molar-refractivity contribution in [3.63, 3.8) is 0 Å². The number of nitrogens with one attached hydrogen (secondary N) is 1. The largest absolute Gasteiger partial charge is 0.381 e. The summed E-state index contributed by atoms with van der Waals surface area (Å²) in [5.74, 6) is 1.09. The van der Waals surface area contributed by atoms with Crippen molar-refractivity contribution in [2.75, 3.05) is 16.8 Å². The number of hydrogen-bond acceptors (Lipinski definition) is 6. The molecular weight excluding hydrogens is 276 g/mol. The van der Waals surface area contributed by atoms with E-state index in [1.54, 1.807) is 23.1 Å². The molecule has 0 saturated carbocycles. The van der Waals surface area contributed by atoms with Crippen LogP contribution in [0.25, 0.3) is 0 Å². The van der Waals surface area contributed by atoms with Gasteiger partial charge in [0.25, 0.3) is 0 Å². The van der Waals surface area contributed by atoms with Crippen LogP contribution in [0.4, 0.5) is 11.6 Å². The van der Waals surface area contributed by atoms with Crippen LogP contribution in [0.2, 0.25) is 0 Å². The number of aromatic nitrogens is 4. The zero-order chi connectivity index (χ0) is 14.5. The van der Waals surface area contributed by atoms with Gasteiger partial charge in [-0.05, 0) is 13.8 Å². The SMILES string of the molecule is CC(C)n1nccc1NC(=O)CSc1nccnc1N. The van der Waals surface area contributed by atoms with Crippen molar-refractivity contribution in [2.24, 2.45) is 0 Å². The van der Waals surface area contributed by atoms with Crippen LogP contribution >= 0.6 is 11.8 Å². The number of carbonyl (C=O) groups excluding carboxylic acids is 1. The number of carbonyl (C=O) groups is 1. The van der Waals surface area contributed by atoms with E-state index in [1.807, 2.05) is 13.8 Å². The zero-order valence-electron chi connectivity index (χ0n) is 11.3. The Balaban J connectivity index is 1.93. The monoisotopic (exact) mass is 292 g/mol. The number of hydrogen-bond donors (Lipinski definition) is 2. The Labute approximate surface area is 121 Å². The van der Waals surface area contributed by atoms with Crippen LogP contribution in [0.3, 0.4) is 0 Å². The lowest BCUT2D eigenvalue weighted by atomic mass is 10.4. The first-order chi connectivity index (χ1) is 9.58. The van der Waals surface area contributed by atoms with Gasteiger partial charge < -0.3 is 11.1 Å². The molecule has 0 radical (unpaired) electrons. The van der Waals surface area contributed by atoms with E-state index in [9.17, 15) is 4.79 Å². The Kier molecular flexibility index (Phi) is 4.57. The molecule has 20 heavy (non-hydrogen) atoms. The lowest BCUT2D eigenvalue weighted by molar-refractivity contribution is -0.113. The highest BCUT2D eigenvalue weighted by Gasteiger charge is 2.11. The second-order valence-corrected chi connectivity index (χ2v) is 5.30. The van der Waals surface area contributed by atoms with Crippen molar-refractivity contribution in [1.82, 2.24) is 19.7 Å². The van der Waals surface area contributed by atoms with Gasteiger partial charge in [-0.15, -0.1) is 0 Å². The van der Waals surface area contributed by atoms with Crippen LogP contribution in [0.5, 0.6) is 0 Å². The third-order valence-electron chi connectivity index (χ3n) is 2.46. The first-order valence-electron chi connectivity index (χ1n) is 6.10. The predicted octanol–water partition coefficient (Wildman–Crippen LogP) is 1.57. The lowest BCUT2D eigenvalue weighted by Gasteiger charge is -2.11. The molecule has 0 saturated heterocycles. The van der Waals surface area contributed by atoms with E-state index < -0.39 is 0 Å². The van der Waals surface area contributed by atoms with Gasteiger partial charge in [-0.1, -0.05) is 11.8 Å². The fourth-order valence-corrected chi connectivity index (χ4v) is 2.26. The van der Waals surface area contributed by atoms with Gasteiger partial charge in [-0.2, -0.15) is 5.10 Å². The molecule has 0 aliphatic heterocycles. The summed E-state index contributed by atoms with van der Waals surface area (Å²) in [5.41, 5.74) is 5.67. The Morgan fingerprint density at radius 1 is 1.40 bits per heavy atom. The summed E-state index contributed by atoms with van der Waals surface area (Å²) in [6.45, 7) is 4.00. The van der Waals surface area contributed by atoms with Gasteiger partial charge in [0.15, 0.2) is 5.82 Å². The van der Waals surface area contributed by atoms with E-state index in [-0.39, 0.29) is 17.7 Å². The Hall–Kier alpha value is -2.09. The molecule has 3 N–H and O–H groups in total. The summed E-state index contributed by atoms with van der Waals surface area (Å²) in [6, 6.07) is 1.95. The summed E-state index contributed by atoms with van der Waals surface area (Å²) in [6.07, 6.45) is 4.72. The Morgan fingerprint density at radius 2 is 2.15 bits per heavy atom. The average Bonchev–Trinajstić information content (AvgIpc) is 2.86. The van der Waals surface area contributed by atoms with E-state index in [0.29, 0.717) is 16.7 Å². The number of amides is 1. The first kappa shape index (κ1) is 14.3. The molecule has 7 nitrogen and oxygen atoms in total. The molecule has 8 heteroatoms. The molecule has 0 unspecified atom stereocenters. The second-order valence-electron chi connectivity index (χ2n) is 4.34. The molecule has 0 bridgehead atoms. The summed E-state index contributed by atoms with van der Waals surface area (Å²) < 4.78 is 1.75. The number of thioether (sulfide) groups is 1. The van der Waals surface area contributed by atoms with Crippen molar-refractivity contribution in [3.05, 3.63) is 24.7 Å². The van der Waals surface area contributed by atoms with Gasteiger partial charge in [0.1, 0.15) is 10.8 Å². The van der Waals surface area contributed by atoms with E-state index >= 15 is 0 Å². The van der Waals surface area contributed by atoms with Gasteiger partial charge in [0.05, 0.1) is 11.9 Å². The number of nitrogen functional groups attached to an aromatic ring is 1. The third-order valence-corrected chi connectivity index (χ3v) is 3.45. The summed E-state index contributed by atoms with van der Waals surface area (Å²) in [5, 5.41) is 7.52. The zero-order valence-corrected chi connectivity index (χ0v) is 12.1. The van der Waals surface area contributed by atoms with Crippen molar-refractivity contribution >= 4 is 29.3 Å². The molecule has 2 heterocycles. The van der Waals surface area contributed by atoms with Gasteiger partial charge in [0.2, 0.25) is 5.91 Å². The van der Waals surface area contributed by atoms with E-state index in [2.05, 4.69) is 20.4 Å². The molecule has 0 aliphatic carbocycles. The topological polar surface area (TPSA) is 98.7 Å². The van der Waals surface area contributed by atoms with Crippen LogP contribution in [0.15, 0.2) is 29.7 Å². The van der Waals surface area contributed by atoms with Crippen molar-refractivity contribution in [2.45, 2.75) is 24.9 Å². The molecule has 2 aromatic rings.